The second-order valence-corrected chi connectivity index (χ2v) is 9.60. The Labute approximate surface area is 213 Å². The van der Waals surface area contributed by atoms with Gasteiger partial charge in [-0.3, -0.25) is 0 Å². The predicted octanol–water partition coefficient (Wildman–Crippen LogP) is 6.65. The van der Waals surface area contributed by atoms with E-state index in [0.717, 1.165) is 0 Å². The number of nitrogens with two attached hydrogens (primary N) is 1. The molecule has 1 heterocycles. The molecule has 3 aromatic carbocycles. The van der Waals surface area contributed by atoms with Gasteiger partial charge in [-0.2, -0.15) is 0 Å². The molecule has 3 heteroatoms. The van der Waals surface area contributed by atoms with Gasteiger partial charge in [0.25, 0.3) is 0 Å². The summed E-state index contributed by atoms with van der Waals surface area (Å²) in [4.78, 5) is 0. The molecular formula is C32H44N2O. The number of fused-ring (bicyclic) bond motifs is 2. The van der Waals surface area contributed by atoms with Crippen LogP contribution in [0, 0.1) is 13.8 Å². The number of ether oxygens (including phenoxy) is 1. The number of benzene rings is 3. The first-order valence-corrected chi connectivity index (χ1v) is 13.3. The summed E-state index contributed by atoms with van der Waals surface area (Å²) >= 11 is 0. The number of rotatable bonds is 5. The SMILES string of the molecule is CC.Cc1ccc(C(COCN)c2ccc(C)cc2)cc1.c1ccc2c(c1)CCC21CCNCC1. The third kappa shape index (κ3) is 7.04. The van der Waals surface area contributed by atoms with Crippen molar-refractivity contribution in [1.29, 1.82) is 0 Å². The molecule has 1 fully saturated rings. The van der Waals surface area contributed by atoms with Crippen LogP contribution in [0.5, 0.6) is 0 Å². The van der Waals surface area contributed by atoms with Crippen LogP contribution in [0.25, 0.3) is 0 Å². The van der Waals surface area contributed by atoms with E-state index < -0.39 is 0 Å². The third-order valence-electron chi connectivity index (χ3n) is 7.38. The first-order valence-electron chi connectivity index (χ1n) is 13.3. The summed E-state index contributed by atoms with van der Waals surface area (Å²) < 4.78 is 5.44. The van der Waals surface area contributed by atoms with Gasteiger partial charge in [0, 0.05) is 5.92 Å². The minimum atomic E-state index is 0.241. The Morgan fingerprint density at radius 1 is 0.800 bits per heavy atom. The molecule has 0 saturated carbocycles. The van der Waals surface area contributed by atoms with E-state index >= 15 is 0 Å². The molecule has 0 radical (unpaired) electrons. The molecule has 2 aliphatic rings. The van der Waals surface area contributed by atoms with E-state index in [1.165, 1.54) is 61.0 Å². The maximum Gasteiger partial charge on any atom is 0.0940 e. The summed E-state index contributed by atoms with van der Waals surface area (Å²) in [5.74, 6) is 0.241. The Bertz CT molecular complexity index is 953. The van der Waals surface area contributed by atoms with E-state index in [0.29, 0.717) is 12.0 Å². The summed E-state index contributed by atoms with van der Waals surface area (Å²) in [6, 6.07) is 26.3. The van der Waals surface area contributed by atoms with E-state index in [2.05, 4.69) is 92.0 Å². The summed E-state index contributed by atoms with van der Waals surface area (Å²) in [7, 11) is 0. The first-order chi connectivity index (χ1) is 17.1. The van der Waals surface area contributed by atoms with Gasteiger partial charge in [0.05, 0.1) is 13.3 Å². The van der Waals surface area contributed by atoms with Crippen LogP contribution in [0.4, 0.5) is 0 Å². The fraction of sp³-hybridized carbons (Fsp3) is 0.438. The van der Waals surface area contributed by atoms with Gasteiger partial charge in [0.1, 0.15) is 0 Å². The lowest BCUT2D eigenvalue weighted by Gasteiger charge is -2.34. The summed E-state index contributed by atoms with van der Waals surface area (Å²) in [5, 5.41) is 3.47. The number of piperidine rings is 1. The van der Waals surface area contributed by atoms with Gasteiger partial charge in [0.2, 0.25) is 0 Å². The number of hydrogen-bond acceptors (Lipinski definition) is 3. The molecule has 0 aromatic heterocycles. The van der Waals surface area contributed by atoms with Gasteiger partial charge in [-0.25, -0.2) is 0 Å². The fourth-order valence-electron chi connectivity index (χ4n) is 5.36. The summed E-state index contributed by atoms with van der Waals surface area (Å²) in [6.45, 7) is 11.5. The summed E-state index contributed by atoms with van der Waals surface area (Å²) in [5.41, 5.74) is 14.3. The lowest BCUT2D eigenvalue weighted by molar-refractivity contribution is 0.134. The van der Waals surface area contributed by atoms with Crippen LogP contribution in [0.2, 0.25) is 0 Å². The molecule has 1 aliphatic carbocycles. The Balaban J connectivity index is 0.000000189. The van der Waals surface area contributed by atoms with Crippen LogP contribution in [-0.4, -0.2) is 26.4 Å². The zero-order valence-corrected chi connectivity index (χ0v) is 22.1. The highest BCUT2D eigenvalue weighted by Gasteiger charge is 2.38. The van der Waals surface area contributed by atoms with Crippen LogP contribution < -0.4 is 11.1 Å². The number of aryl methyl sites for hydroxylation is 3. The molecule has 1 aliphatic heterocycles. The smallest absolute Gasteiger partial charge is 0.0940 e. The van der Waals surface area contributed by atoms with Gasteiger partial charge in [-0.1, -0.05) is 97.8 Å². The van der Waals surface area contributed by atoms with Gasteiger partial charge in [0.15, 0.2) is 0 Å². The maximum atomic E-state index is 5.46. The molecular weight excluding hydrogens is 428 g/mol. The van der Waals surface area contributed by atoms with Crippen LogP contribution in [0.1, 0.15) is 72.4 Å². The first kappa shape index (κ1) is 27.1. The Kier molecular flexibility index (Phi) is 10.5. The third-order valence-corrected chi connectivity index (χ3v) is 7.38. The molecule has 3 nitrogen and oxygen atoms in total. The van der Waals surface area contributed by atoms with Crippen molar-refractivity contribution in [3.8, 4) is 0 Å². The Morgan fingerprint density at radius 2 is 1.34 bits per heavy atom. The van der Waals surface area contributed by atoms with E-state index in [1.807, 2.05) is 13.8 Å². The molecule has 1 saturated heterocycles. The van der Waals surface area contributed by atoms with Crippen molar-refractivity contribution >= 4 is 0 Å². The molecule has 0 atom stereocenters. The molecule has 35 heavy (non-hydrogen) atoms. The zero-order chi connectivity index (χ0) is 25.1. The second-order valence-electron chi connectivity index (χ2n) is 9.60. The Hall–Kier alpha value is -2.46. The molecule has 3 aromatic rings. The topological polar surface area (TPSA) is 47.3 Å². The van der Waals surface area contributed by atoms with Gasteiger partial charge in [-0.05, 0) is 80.3 Å². The standard InChI is InChI=1S/C17H21NO.C13H17N.C2H6/c1-13-3-7-15(8-4-13)17(11-19-12-18)16-9-5-14(2)6-10-16;1-2-4-12-11(3-1)5-6-13(12)7-9-14-10-8-13;1-2/h3-10,17H,11-12,18H2,1-2H3;1-4,14H,5-10H2;1-2H3. The Morgan fingerprint density at radius 3 is 1.89 bits per heavy atom. The van der Waals surface area contributed by atoms with Crippen molar-refractivity contribution in [2.24, 2.45) is 5.73 Å². The fourth-order valence-corrected chi connectivity index (χ4v) is 5.36. The van der Waals surface area contributed by atoms with Crippen molar-refractivity contribution in [1.82, 2.24) is 5.32 Å². The highest BCUT2D eigenvalue weighted by atomic mass is 16.5. The second kappa shape index (κ2) is 13.6. The van der Waals surface area contributed by atoms with Gasteiger partial charge < -0.3 is 15.8 Å². The molecule has 0 unspecified atom stereocenters. The zero-order valence-electron chi connectivity index (χ0n) is 22.1. The highest BCUT2D eigenvalue weighted by Crippen LogP contribution is 2.44. The van der Waals surface area contributed by atoms with Crippen LogP contribution in [0.3, 0.4) is 0 Å². The molecule has 188 valence electrons. The van der Waals surface area contributed by atoms with Crippen LogP contribution in [0.15, 0.2) is 72.8 Å². The average Bonchev–Trinajstić information content (AvgIpc) is 3.26. The molecule has 3 N–H and O–H groups in total. The predicted molar refractivity (Wildman–Crippen MR) is 149 cm³/mol. The van der Waals surface area contributed by atoms with Crippen molar-refractivity contribution in [2.45, 2.75) is 64.7 Å². The quantitative estimate of drug-likeness (QED) is 0.409. The van der Waals surface area contributed by atoms with Crippen molar-refractivity contribution in [3.05, 3.63) is 106 Å². The lowest BCUT2D eigenvalue weighted by atomic mass is 9.74. The van der Waals surface area contributed by atoms with Gasteiger partial charge >= 0.3 is 0 Å². The molecule has 5 rings (SSSR count). The van der Waals surface area contributed by atoms with Crippen LogP contribution >= 0.6 is 0 Å². The average molecular weight is 473 g/mol. The molecule has 0 amide bonds. The highest BCUT2D eigenvalue weighted by molar-refractivity contribution is 5.40. The van der Waals surface area contributed by atoms with E-state index in [1.54, 1.807) is 11.1 Å². The lowest BCUT2D eigenvalue weighted by Crippen LogP contribution is -2.38. The van der Waals surface area contributed by atoms with E-state index in [-0.39, 0.29) is 12.6 Å². The van der Waals surface area contributed by atoms with Crippen molar-refractivity contribution in [3.63, 3.8) is 0 Å². The van der Waals surface area contributed by atoms with E-state index in [4.69, 9.17) is 10.5 Å². The van der Waals surface area contributed by atoms with Crippen molar-refractivity contribution < 1.29 is 4.74 Å². The minimum absolute atomic E-state index is 0.241. The van der Waals surface area contributed by atoms with Crippen molar-refractivity contribution in [2.75, 3.05) is 26.4 Å². The summed E-state index contributed by atoms with van der Waals surface area (Å²) in [6.07, 6.45) is 5.36. The van der Waals surface area contributed by atoms with Crippen LogP contribution in [-0.2, 0) is 16.6 Å². The van der Waals surface area contributed by atoms with Gasteiger partial charge in [-0.15, -0.1) is 0 Å². The molecule has 0 bridgehead atoms. The normalized spacial score (nSPS) is 15.6. The number of nitrogens with one attached hydrogen (secondary N) is 1. The largest absolute Gasteiger partial charge is 0.366 e. The number of hydrogen-bond donors (Lipinski definition) is 2. The maximum absolute atomic E-state index is 5.46. The molecule has 1 spiro atoms. The monoisotopic (exact) mass is 472 g/mol. The minimum Gasteiger partial charge on any atom is -0.366 e. The van der Waals surface area contributed by atoms with E-state index in [9.17, 15) is 0 Å².